The normalized spacial score (nSPS) is 11.9. The van der Waals surface area contributed by atoms with Gasteiger partial charge >= 0.3 is 0 Å². The summed E-state index contributed by atoms with van der Waals surface area (Å²) >= 11 is 3.63. The molecule has 9 aromatic rings. The van der Waals surface area contributed by atoms with E-state index in [9.17, 15) is 0 Å². The third-order valence-electron chi connectivity index (χ3n) is 8.06. The van der Waals surface area contributed by atoms with Crippen molar-refractivity contribution >= 4 is 74.9 Å². The highest BCUT2D eigenvalue weighted by molar-refractivity contribution is 7.26. The van der Waals surface area contributed by atoms with Crippen LogP contribution in [0.4, 0.5) is 0 Å². The number of hydrogen-bond acceptors (Lipinski definition) is 3. The molecule has 6 aromatic carbocycles. The van der Waals surface area contributed by atoms with E-state index in [1.54, 1.807) is 11.3 Å². The molecule has 0 unspecified atom stereocenters. The monoisotopic (exact) mass is 558 g/mol. The fourth-order valence-corrected chi connectivity index (χ4v) is 8.44. The zero-order valence-corrected chi connectivity index (χ0v) is 23.5. The molecule has 3 heterocycles. The molecule has 0 fully saturated rings. The summed E-state index contributed by atoms with van der Waals surface area (Å²) in [6.45, 7) is 0. The van der Waals surface area contributed by atoms with Gasteiger partial charge in [0, 0.05) is 42.1 Å². The van der Waals surface area contributed by atoms with Gasteiger partial charge in [0.05, 0.1) is 26.9 Å². The lowest BCUT2D eigenvalue weighted by Gasteiger charge is -2.16. The number of nitrogens with zero attached hydrogens (tertiary/aromatic N) is 2. The number of hydrogen-bond donors (Lipinski definition) is 0. The number of benzene rings is 6. The molecule has 0 spiro atoms. The second-order valence-electron chi connectivity index (χ2n) is 10.4. The van der Waals surface area contributed by atoms with Crippen LogP contribution in [0.5, 0.6) is 0 Å². The van der Waals surface area contributed by atoms with Gasteiger partial charge in [0.25, 0.3) is 0 Å². The quantitative estimate of drug-likeness (QED) is 0.211. The summed E-state index contributed by atoms with van der Waals surface area (Å²) in [5, 5.41) is 6.22. The summed E-state index contributed by atoms with van der Waals surface area (Å²) in [4.78, 5) is 4.91. The van der Waals surface area contributed by atoms with Crippen LogP contribution in [-0.4, -0.2) is 9.55 Å². The molecule has 2 nitrogen and oxygen atoms in total. The van der Waals surface area contributed by atoms with E-state index in [0.717, 1.165) is 16.1 Å². The van der Waals surface area contributed by atoms with Gasteiger partial charge < -0.3 is 4.57 Å². The van der Waals surface area contributed by atoms with Crippen LogP contribution in [-0.2, 0) is 0 Å². The highest BCUT2D eigenvalue weighted by Crippen LogP contribution is 2.45. The van der Waals surface area contributed by atoms with Crippen molar-refractivity contribution in [2.75, 3.05) is 0 Å². The van der Waals surface area contributed by atoms with Crippen LogP contribution in [0.2, 0.25) is 0 Å². The van der Waals surface area contributed by atoms with Crippen LogP contribution in [0.15, 0.2) is 133 Å². The second kappa shape index (κ2) is 8.87. The molecule has 0 saturated heterocycles. The minimum atomic E-state index is 1.06. The van der Waals surface area contributed by atoms with Crippen LogP contribution < -0.4 is 0 Å². The van der Waals surface area contributed by atoms with Gasteiger partial charge in [-0.2, -0.15) is 0 Å². The standard InChI is InChI=1S/C37H22N2S2/c1-5-13-30-25(9-1)26-10-2-6-14-31(26)39(30)32-22-21-28-27-11-3-7-15-33(27)40-36(28)35(32)23-17-19-24(20-18-23)37-38-29-12-4-8-16-34(29)41-37/h1-22H. The largest absolute Gasteiger partial charge is 0.309 e. The summed E-state index contributed by atoms with van der Waals surface area (Å²) in [6.07, 6.45) is 0. The van der Waals surface area contributed by atoms with Crippen LogP contribution in [0.3, 0.4) is 0 Å². The predicted molar refractivity (Wildman–Crippen MR) is 178 cm³/mol. The number of thiazole rings is 1. The molecule has 0 aliphatic rings. The van der Waals surface area contributed by atoms with Crippen molar-refractivity contribution in [2.24, 2.45) is 0 Å². The Morgan fingerprint density at radius 1 is 0.463 bits per heavy atom. The van der Waals surface area contributed by atoms with Gasteiger partial charge in [0.2, 0.25) is 0 Å². The van der Waals surface area contributed by atoms with E-state index in [0.29, 0.717) is 0 Å². The molecule has 0 N–H and O–H groups in total. The molecule has 4 heteroatoms. The molecular formula is C37H22N2S2. The molecular weight excluding hydrogens is 537 g/mol. The number of aromatic nitrogens is 2. The Hall–Kier alpha value is -4.77. The van der Waals surface area contributed by atoms with E-state index >= 15 is 0 Å². The van der Waals surface area contributed by atoms with Gasteiger partial charge in [-0.25, -0.2) is 4.98 Å². The van der Waals surface area contributed by atoms with Crippen molar-refractivity contribution in [3.8, 4) is 27.4 Å². The molecule has 0 bridgehead atoms. The Labute approximate surface area is 244 Å². The first kappa shape index (κ1) is 23.0. The number of rotatable bonds is 3. The average Bonchev–Trinajstić information content (AvgIpc) is 3.72. The molecule has 3 aromatic heterocycles. The average molecular weight is 559 g/mol. The van der Waals surface area contributed by atoms with Crippen molar-refractivity contribution in [2.45, 2.75) is 0 Å². The summed E-state index contributed by atoms with van der Waals surface area (Å²) in [7, 11) is 0. The van der Waals surface area contributed by atoms with Crippen LogP contribution >= 0.6 is 22.7 Å². The Morgan fingerprint density at radius 2 is 1.07 bits per heavy atom. The Bertz CT molecular complexity index is 2340. The number of fused-ring (bicyclic) bond motifs is 7. The maximum Gasteiger partial charge on any atom is 0.124 e. The molecule has 0 saturated carbocycles. The SMILES string of the molecule is c1ccc2sc(-c3ccc(-c4c(-n5c6ccccc6c6ccccc65)ccc5c4sc4ccccc45)cc3)nc2c1. The van der Waals surface area contributed by atoms with Gasteiger partial charge in [-0.3, -0.25) is 0 Å². The Morgan fingerprint density at radius 3 is 1.80 bits per heavy atom. The lowest BCUT2D eigenvalue weighted by Crippen LogP contribution is -1.97. The summed E-state index contributed by atoms with van der Waals surface area (Å²) in [6, 6.07) is 48.3. The van der Waals surface area contributed by atoms with Gasteiger partial charge in [0.1, 0.15) is 5.01 Å². The third kappa shape index (κ3) is 3.45. The highest BCUT2D eigenvalue weighted by Gasteiger charge is 2.20. The minimum Gasteiger partial charge on any atom is -0.309 e. The summed E-state index contributed by atoms with van der Waals surface area (Å²) < 4.78 is 6.30. The third-order valence-corrected chi connectivity index (χ3v) is 10.3. The minimum absolute atomic E-state index is 1.06. The van der Waals surface area contributed by atoms with Gasteiger partial charge in [-0.1, -0.05) is 97.1 Å². The zero-order valence-electron chi connectivity index (χ0n) is 21.9. The first-order valence-corrected chi connectivity index (χ1v) is 15.4. The Balaban J connectivity index is 1.33. The Kier molecular flexibility index (Phi) is 4.97. The van der Waals surface area contributed by atoms with E-state index in [2.05, 4.69) is 138 Å². The molecule has 0 aliphatic carbocycles. The molecule has 192 valence electrons. The molecule has 0 aliphatic heterocycles. The smallest absolute Gasteiger partial charge is 0.124 e. The summed E-state index contributed by atoms with van der Waals surface area (Å²) in [5.41, 5.74) is 8.34. The van der Waals surface area contributed by atoms with Crippen LogP contribution in [0.1, 0.15) is 0 Å². The topological polar surface area (TPSA) is 17.8 Å². The number of para-hydroxylation sites is 3. The predicted octanol–water partition coefficient (Wildman–Crippen LogP) is 11.1. The van der Waals surface area contributed by atoms with Crippen molar-refractivity contribution < 1.29 is 0 Å². The zero-order chi connectivity index (χ0) is 26.9. The van der Waals surface area contributed by atoms with Crippen molar-refractivity contribution in [3.05, 3.63) is 133 Å². The molecule has 9 rings (SSSR count). The first-order chi connectivity index (χ1) is 20.3. The van der Waals surface area contributed by atoms with Crippen molar-refractivity contribution in [1.29, 1.82) is 0 Å². The maximum atomic E-state index is 4.91. The fraction of sp³-hybridized carbons (Fsp3) is 0. The van der Waals surface area contributed by atoms with Gasteiger partial charge in [-0.15, -0.1) is 22.7 Å². The highest BCUT2D eigenvalue weighted by atomic mass is 32.1. The molecule has 0 amide bonds. The van der Waals surface area contributed by atoms with Crippen LogP contribution in [0.25, 0.3) is 79.6 Å². The van der Waals surface area contributed by atoms with E-state index in [4.69, 9.17) is 4.98 Å². The van der Waals surface area contributed by atoms with Crippen molar-refractivity contribution in [3.63, 3.8) is 0 Å². The van der Waals surface area contributed by atoms with E-state index in [-0.39, 0.29) is 0 Å². The number of thiophene rings is 1. The van der Waals surface area contributed by atoms with E-state index in [1.807, 2.05) is 11.3 Å². The first-order valence-electron chi connectivity index (χ1n) is 13.7. The molecule has 41 heavy (non-hydrogen) atoms. The molecule has 0 atom stereocenters. The fourth-order valence-electron chi connectivity index (χ4n) is 6.20. The lowest BCUT2D eigenvalue weighted by molar-refractivity contribution is 1.19. The second-order valence-corrected chi connectivity index (χ2v) is 12.5. The van der Waals surface area contributed by atoms with Gasteiger partial charge in [-0.05, 0) is 42.0 Å². The summed E-state index contributed by atoms with van der Waals surface area (Å²) in [5.74, 6) is 0. The van der Waals surface area contributed by atoms with Gasteiger partial charge in [0.15, 0.2) is 0 Å². The molecule has 0 radical (unpaired) electrons. The maximum absolute atomic E-state index is 4.91. The van der Waals surface area contributed by atoms with E-state index < -0.39 is 0 Å². The van der Waals surface area contributed by atoms with Crippen LogP contribution in [0, 0.1) is 0 Å². The van der Waals surface area contributed by atoms with E-state index in [1.165, 1.54) is 63.5 Å². The van der Waals surface area contributed by atoms with Crippen molar-refractivity contribution in [1.82, 2.24) is 9.55 Å². The lowest BCUT2D eigenvalue weighted by atomic mass is 9.99.